The van der Waals surface area contributed by atoms with E-state index in [9.17, 15) is 13.6 Å². The van der Waals surface area contributed by atoms with Gasteiger partial charge in [-0.2, -0.15) is 0 Å². The number of ether oxygens (including phenoxy) is 1. The number of rotatable bonds is 10. The van der Waals surface area contributed by atoms with Crippen LogP contribution in [0.5, 0.6) is 0 Å². The van der Waals surface area contributed by atoms with E-state index in [1.54, 1.807) is 31.2 Å². The van der Waals surface area contributed by atoms with E-state index in [2.05, 4.69) is 21.6 Å². The number of hydrogen-bond acceptors (Lipinski definition) is 5. The van der Waals surface area contributed by atoms with Crippen LogP contribution in [0.1, 0.15) is 63.0 Å². The fourth-order valence-corrected chi connectivity index (χ4v) is 5.10. The van der Waals surface area contributed by atoms with Crippen LogP contribution in [-0.2, 0) is 29.0 Å². The molecule has 0 amide bonds. The summed E-state index contributed by atoms with van der Waals surface area (Å²) >= 11 is 52.5. The van der Waals surface area contributed by atoms with Crippen molar-refractivity contribution in [1.82, 2.24) is 0 Å². The zero-order chi connectivity index (χ0) is 78.5. The van der Waals surface area contributed by atoms with E-state index in [1.165, 1.54) is 1360 Å². The van der Waals surface area contributed by atoms with Crippen LogP contribution in [0.4, 0.5) is 25.8 Å². The van der Waals surface area contributed by atoms with Gasteiger partial charge in [0.2, 0.25) is 0 Å². The van der Waals surface area contributed by atoms with Gasteiger partial charge in [-0.15, -0.1) is 12.8 Å². The molecule has 0 radical (unpaired) electrons. The van der Waals surface area contributed by atoms with Gasteiger partial charge in [0.15, 0.2) is 0 Å². The summed E-state index contributed by atoms with van der Waals surface area (Å²) in [4.78, 5) is 15.7. The molecule has 2 N–H and O–H groups in total. The molecule has 4 aromatic carbocycles. The first-order valence-corrected chi connectivity index (χ1v) is 373. The van der Waals surface area contributed by atoms with Gasteiger partial charge < -0.3 is 21.7 Å². The molecular formula is C42H52F2K43N3O2. The Morgan fingerprint density at radius 2 is 0.641 bits per heavy atom. The number of nitrogen functional groups attached to an aromatic ring is 1. The first-order chi connectivity index (χ1) is 44.4. The van der Waals surface area contributed by atoms with E-state index in [1.807, 2.05) is 52.0 Å². The second-order valence-electron chi connectivity index (χ2n) is 11.2. The molecule has 0 unspecified atom stereocenters. The fourth-order valence-electron chi connectivity index (χ4n) is 5.10. The number of methoxy groups -OCH3 is 1. The second-order valence-corrected chi connectivity index (χ2v) is 11.2. The molecule has 0 heterocycles. The fraction of sp³-hybridized carbons (Fsp3) is 0.310. The number of esters is 1. The third kappa shape index (κ3) is 175. The maximum atomic E-state index is 13.1. The van der Waals surface area contributed by atoms with E-state index in [4.69, 9.17) is 24.7 Å². The third-order valence-electron chi connectivity index (χ3n) is 7.68. The molecule has 0 saturated heterocycles. The van der Waals surface area contributed by atoms with Crippen molar-refractivity contribution in [2.75, 3.05) is 35.7 Å². The van der Waals surface area contributed by atoms with Crippen molar-refractivity contribution in [3.8, 4) is 24.7 Å². The van der Waals surface area contributed by atoms with E-state index in [0.717, 1.165) is 56.0 Å². The Balaban J connectivity index is -0.0000000314. The van der Waals surface area contributed by atoms with Gasteiger partial charge in [0.1, 0.15) is 11.6 Å². The van der Waals surface area contributed by atoms with Crippen molar-refractivity contribution in [3.63, 3.8) is 0 Å². The predicted octanol–water partition coefficient (Wildman–Crippen LogP) is -9.75. The summed E-state index contributed by atoms with van der Waals surface area (Å²) in [5, 5.41) is 0. The topological polar surface area (TPSA) is 58.8 Å². The number of nitrogens with two attached hydrogens (primary N) is 1. The molecule has 304 valence electrons. The van der Waals surface area contributed by atoms with Crippen LogP contribution >= 0.6 is 0 Å². The number of carbonyl (C=O) groups excluding carboxylic acids is 1. The van der Waals surface area contributed by atoms with Crippen molar-refractivity contribution in [1.29, 1.82) is 0 Å². The minimum atomic E-state index is -0.259. The van der Waals surface area contributed by atoms with Crippen LogP contribution in [0.15, 0.2) is 72.8 Å². The van der Waals surface area contributed by atoms with Crippen LogP contribution in [0.3, 0.4) is 0 Å². The first kappa shape index (κ1) is 207. The molecule has 0 saturated carbocycles. The Kier molecular flexibility index (Phi) is 498. The third-order valence-corrected chi connectivity index (χ3v) is 7.68. The zero-order valence-corrected chi connectivity index (χ0v) is 206. The summed E-state index contributed by atoms with van der Waals surface area (Å²) in [6, 6.07) is 21.0. The summed E-state index contributed by atoms with van der Waals surface area (Å²) in [5.41, 5.74) is 15.9. The average molecular weight is 2350 g/mol. The van der Waals surface area contributed by atoms with Crippen LogP contribution in [0, 0.1) is 64.0 Å². The quantitative estimate of drug-likeness (QED) is 0.0742. The Bertz CT molecular complexity index is 1800. The summed E-state index contributed by atoms with van der Waals surface area (Å²) in [6.45, 7) is 12.3. The number of terminal acetylenes is 2. The maximum absolute atomic E-state index is 13.1. The molecule has 0 aliphatic rings. The Labute approximate surface area is 1570 Å². The summed E-state index contributed by atoms with van der Waals surface area (Å²) < 4.78 is 37.1. The van der Waals surface area contributed by atoms with Gasteiger partial charge >= 0.3 is 1380 Å². The van der Waals surface area contributed by atoms with Crippen LogP contribution in [0.25, 0.3) is 0 Å². The summed E-state index contributed by atoms with van der Waals surface area (Å²) in [5.74, 6) is 4.59. The Morgan fingerprint density at radius 3 is 0.815 bits per heavy atom. The van der Waals surface area contributed by atoms with Gasteiger partial charge in [0, 0.05) is 31.5 Å². The van der Waals surface area contributed by atoms with Gasteiger partial charge in [0.05, 0.1) is 26.6 Å². The molecule has 50 heteroatoms. The minimum absolute atomic E-state index is 0. The molecule has 0 spiro atoms. The number of carbonyl (C=O) groups is 1. The number of aryl methyl sites for hydroxylation is 4. The zero-order valence-electron chi connectivity index (χ0n) is 73.9. The van der Waals surface area contributed by atoms with Gasteiger partial charge in [-0.05, 0) is 115 Å². The standard InChI is InChI=1S/C21H22FNO2.C18H19FN2.C2H6.CH4.43K.H/c1-5-10-23(14-17-6-8-18(22)9-7-17)19-11-15(2)20(16(3)12-19)13-21(24)25-4;1-4-9-21(12-15-5-7-16(19)8-6-15)17-10-13(2)18(20)14(3)11-17;1-2;;;;;;;;;;;;;;;;;;;;;;;;;;;;;;;;;;;;;;;;;;;;;/h1,6-9,11-12H,10,13-14H2,2-4H3;1,5-8,10-11H,9,12,20H2,2-3H3;1-2H3;1H4;;;;;;;;;;;;;;;;;;;;;;;;;;;;;;;;;;;;;;;;;;;;/q;;;;;;;;;;;;;;;;;;;;;;;;;;;;;;;;;;;;;;;;;;;;;;+1;-1/i;;1D;;;;;;;;;;;;;;;;;;;;;;;;;;;;;;;;;;;;;;;;;;;;;. The van der Waals surface area contributed by atoms with E-state index >= 15 is 0 Å². The van der Waals surface area contributed by atoms with Crippen molar-refractivity contribution in [2.45, 2.75) is 68.5 Å². The number of anilines is 3. The van der Waals surface area contributed by atoms with Crippen molar-refractivity contribution in [2.24, 2.45) is 0 Å². The van der Waals surface area contributed by atoms with E-state index < -0.39 is 0 Å². The second kappa shape index (κ2) is 222. The van der Waals surface area contributed by atoms with Crippen LogP contribution < -0.4 is 66.9 Å². The molecule has 0 aliphatic carbocycles. The van der Waals surface area contributed by atoms with Crippen LogP contribution in [-0.4, -0.2) is 1350 Å². The predicted molar refractivity (Wildman–Crippen MR) is 445 cm³/mol. The summed E-state index contributed by atoms with van der Waals surface area (Å²) in [6.07, 6.45) is 11.2. The molecular weight excluding hydrogens is 2300 g/mol. The van der Waals surface area contributed by atoms with Gasteiger partial charge in [-0.25, -0.2) is 8.78 Å². The van der Waals surface area contributed by atoms with Gasteiger partial charge in [-0.3, -0.25) is 4.79 Å². The van der Waals surface area contributed by atoms with Crippen molar-refractivity contribution in [3.05, 3.63) is 123 Å². The van der Waals surface area contributed by atoms with E-state index in [0.29, 0.717) is 33.1 Å². The molecule has 0 aromatic heterocycles. The molecule has 5 nitrogen and oxygen atoms in total. The molecule has 92 heavy (non-hydrogen) atoms. The van der Waals surface area contributed by atoms with Gasteiger partial charge in [0.25, 0.3) is 0 Å². The first-order valence-electron chi connectivity index (χ1n) is 37.3. The number of halogens is 2. The molecule has 4 rings (SSSR count). The number of nitrogens with zero attached hydrogens (tertiary/aromatic N) is 2. The van der Waals surface area contributed by atoms with Gasteiger partial charge in [-0.1, -0.05) is 57.4 Å². The number of hydrogen-bond donors (Lipinski definition) is 1. The average Bonchev–Trinajstić information content (AvgIpc) is 0.943. The SMILES string of the molecule is C.C#CCN(Cc1ccc(F)cc1)c1cc(C)c(CC(=O)OC)c(C)c1.C#CCN(Cc1ccc(F)cc1)c1cc(C)c(N)c(C)c1.[2H]CC.[H-].[K+].[K][K].[K][K].[K][K].[K][K].[K][K].[K][K].[K][K].[K][K].[K][K].[K][K].[K][K].[K][K].[K][K].[K][K].[K][K].[K][K].[K][K].[K][K].[K][K].[K][K].[K][K]. The molecule has 0 aliphatic heterocycles. The summed E-state index contributed by atoms with van der Waals surface area (Å²) in [7, 11) is 1.39. The monoisotopic (exact) mass is 2340 g/mol. The molecule has 0 atom stereocenters. The Hall–Kier alpha value is 65.1. The van der Waals surface area contributed by atoms with Crippen LogP contribution in [0.2, 0.25) is 0 Å². The number of benzene rings is 4. The normalized spacial score (nSPS) is 7.13. The van der Waals surface area contributed by atoms with Crippen molar-refractivity contribution < 1.29 is 72.5 Å². The van der Waals surface area contributed by atoms with E-state index in [-0.39, 0.29) is 84.3 Å². The van der Waals surface area contributed by atoms with Crippen molar-refractivity contribution >= 4 is 1350 Å². The molecule has 4 aromatic rings. The molecule has 0 bridgehead atoms. The molecule has 0 fully saturated rings. The Morgan fingerprint density at radius 1 is 0.457 bits per heavy atom.